The van der Waals surface area contributed by atoms with Gasteiger partial charge in [0.25, 0.3) is 5.91 Å². The number of hydrogen-bond acceptors (Lipinski definition) is 5. The van der Waals surface area contributed by atoms with Crippen LogP contribution in [0.3, 0.4) is 0 Å². The molecule has 38 heavy (non-hydrogen) atoms. The molecule has 4 rings (SSSR count). The quantitative estimate of drug-likeness (QED) is 0.574. The Morgan fingerprint density at radius 1 is 0.947 bits per heavy atom. The van der Waals surface area contributed by atoms with Crippen LogP contribution in [0.1, 0.15) is 47.2 Å². The van der Waals surface area contributed by atoms with Crippen molar-refractivity contribution in [2.45, 2.75) is 57.5 Å². The number of carbonyl (C=O) groups excluding carboxylic acids is 2. The van der Waals surface area contributed by atoms with Crippen molar-refractivity contribution in [2.24, 2.45) is 0 Å². The number of carbonyl (C=O) groups is 2. The van der Waals surface area contributed by atoms with E-state index in [2.05, 4.69) is 15.0 Å². The van der Waals surface area contributed by atoms with Crippen LogP contribution < -0.4 is 14.8 Å². The molecule has 10 heteroatoms. The third-order valence-electron chi connectivity index (χ3n) is 7.36. The maximum absolute atomic E-state index is 13.1. The number of rotatable bonds is 7. The summed E-state index contributed by atoms with van der Waals surface area (Å²) < 4.78 is 46.0. The number of nitrogens with zero attached hydrogens (tertiary/aromatic N) is 2. The topological polar surface area (TPSA) is 71.1 Å². The third kappa shape index (κ3) is 7.40. The molecule has 7 nitrogen and oxygen atoms in total. The van der Waals surface area contributed by atoms with Crippen molar-refractivity contribution in [1.29, 1.82) is 0 Å². The number of likely N-dealkylation sites (tertiary alicyclic amines) is 2. The SMILES string of the molecule is COc1ccc(C)c(C(=O)N2CCC(N3CCC(NC(=O)Cc4ccc(OC(F)(F)F)cc4)CC3)CC2)c1. The summed E-state index contributed by atoms with van der Waals surface area (Å²) in [5.41, 5.74) is 2.25. The first-order chi connectivity index (χ1) is 18.1. The predicted molar refractivity (Wildman–Crippen MR) is 136 cm³/mol. The second-order valence-corrected chi connectivity index (χ2v) is 9.95. The van der Waals surface area contributed by atoms with Crippen molar-refractivity contribution in [2.75, 3.05) is 33.3 Å². The molecular formula is C28H34F3N3O4. The molecule has 2 amide bonds. The van der Waals surface area contributed by atoms with Gasteiger partial charge in [0.05, 0.1) is 13.5 Å². The van der Waals surface area contributed by atoms with Gasteiger partial charge in [-0.2, -0.15) is 0 Å². The average molecular weight is 534 g/mol. The lowest BCUT2D eigenvalue weighted by Gasteiger charge is -2.42. The maximum Gasteiger partial charge on any atom is 0.573 e. The fraction of sp³-hybridized carbons (Fsp3) is 0.500. The molecule has 0 radical (unpaired) electrons. The largest absolute Gasteiger partial charge is 0.573 e. The van der Waals surface area contributed by atoms with Gasteiger partial charge in [-0.3, -0.25) is 9.59 Å². The molecule has 0 aromatic heterocycles. The summed E-state index contributed by atoms with van der Waals surface area (Å²) in [7, 11) is 1.60. The van der Waals surface area contributed by atoms with Gasteiger partial charge in [-0.1, -0.05) is 18.2 Å². The minimum Gasteiger partial charge on any atom is -0.497 e. The van der Waals surface area contributed by atoms with Gasteiger partial charge in [-0.05, 0) is 68.0 Å². The monoisotopic (exact) mass is 533 g/mol. The van der Waals surface area contributed by atoms with E-state index in [-0.39, 0.29) is 30.0 Å². The van der Waals surface area contributed by atoms with E-state index in [4.69, 9.17) is 4.74 Å². The van der Waals surface area contributed by atoms with Crippen LogP contribution in [0.4, 0.5) is 13.2 Å². The summed E-state index contributed by atoms with van der Waals surface area (Å²) >= 11 is 0. The second kappa shape index (κ2) is 12.1. The Bertz CT molecular complexity index is 1110. The summed E-state index contributed by atoms with van der Waals surface area (Å²) in [5.74, 6) is 0.272. The van der Waals surface area contributed by atoms with Crippen molar-refractivity contribution in [3.63, 3.8) is 0 Å². The highest BCUT2D eigenvalue weighted by Gasteiger charge is 2.32. The molecule has 2 saturated heterocycles. The number of benzene rings is 2. The molecule has 0 atom stereocenters. The summed E-state index contributed by atoms with van der Waals surface area (Å²) in [5, 5.41) is 3.06. The van der Waals surface area contributed by atoms with E-state index in [1.807, 2.05) is 24.0 Å². The zero-order valence-electron chi connectivity index (χ0n) is 21.7. The van der Waals surface area contributed by atoms with E-state index in [0.29, 0.717) is 36.0 Å². The standard InChI is InChI=1S/C28H34F3N3O4/c1-19-3-6-24(37-2)18-25(19)27(36)34-15-11-22(12-16-34)33-13-9-21(10-14-33)32-26(35)17-20-4-7-23(8-5-20)38-28(29,30)31/h3-8,18,21-22H,9-17H2,1-2H3,(H,32,35). The summed E-state index contributed by atoms with van der Waals surface area (Å²) in [6, 6.07) is 11.4. The molecule has 2 aliphatic heterocycles. The first-order valence-corrected chi connectivity index (χ1v) is 12.9. The van der Waals surface area contributed by atoms with Crippen LogP contribution in [0.2, 0.25) is 0 Å². The number of amides is 2. The second-order valence-electron chi connectivity index (χ2n) is 9.95. The van der Waals surface area contributed by atoms with Crippen LogP contribution in [0.5, 0.6) is 11.5 Å². The highest BCUT2D eigenvalue weighted by molar-refractivity contribution is 5.96. The fourth-order valence-corrected chi connectivity index (χ4v) is 5.24. The maximum atomic E-state index is 13.1. The summed E-state index contributed by atoms with van der Waals surface area (Å²) in [4.78, 5) is 29.9. The first kappa shape index (κ1) is 27.8. The molecule has 206 valence electrons. The molecule has 0 unspecified atom stereocenters. The van der Waals surface area contributed by atoms with E-state index >= 15 is 0 Å². The van der Waals surface area contributed by atoms with Crippen molar-refractivity contribution >= 4 is 11.8 Å². The Labute approximate surface area is 220 Å². The van der Waals surface area contributed by atoms with Gasteiger partial charge in [0, 0.05) is 43.8 Å². The molecule has 2 aromatic carbocycles. The number of aryl methyl sites for hydroxylation is 1. The fourth-order valence-electron chi connectivity index (χ4n) is 5.24. The van der Waals surface area contributed by atoms with Gasteiger partial charge in [0.2, 0.25) is 5.91 Å². The average Bonchev–Trinajstić information content (AvgIpc) is 2.89. The van der Waals surface area contributed by atoms with Gasteiger partial charge in [-0.25, -0.2) is 0 Å². The molecule has 0 aliphatic carbocycles. The van der Waals surface area contributed by atoms with Crippen molar-refractivity contribution in [3.8, 4) is 11.5 Å². The summed E-state index contributed by atoms with van der Waals surface area (Å²) in [6.45, 7) is 5.11. The number of nitrogens with one attached hydrogen (secondary N) is 1. The van der Waals surface area contributed by atoms with Crippen LogP contribution in [-0.4, -0.2) is 73.3 Å². The van der Waals surface area contributed by atoms with Crippen LogP contribution in [0.25, 0.3) is 0 Å². The zero-order chi connectivity index (χ0) is 27.3. The van der Waals surface area contributed by atoms with Crippen LogP contribution in [0.15, 0.2) is 42.5 Å². The van der Waals surface area contributed by atoms with Crippen molar-refractivity contribution in [3.05, 3.63) is 59.2 Å². The Kier molecular flexibility index (Phi) is 8.81. The van der Waals surface area contributed by atoms with E-state index in [9.17, 15) is 22.8 Å². The number of alkyl halides is 3. The van der Waals surface area contributed by atoms with Crippen LogP contribution >= 0.6 is 0 Å². The highest BCUT2D eigenvalue weighted by atomic mass is 19.4. The van der Waals surface area contributed by atoms with Crippen molar-refractivity contribution in [1.82, 2.24) is 15.1 Å². The molecule has 2 heterocycles. The van der Waals surface area contributed by atoms with Gasteiger partial charge in [0.15, 0.2) is 0 Å². The molecule has 0 bridgehead atoms. The Hall–Kier alpha value is -3.27. The molecule has 2 fully saturated rings. The van der Waals surface area contributed by atoms with Gasteiger partial charge in [-0.15, -0.1) is 13.2 Å². The van der Waals surface area contributed by atoms with Crippen LogP contribution in [0, 0.1) is 6.92 Å². The molecule has 0 saturated carbocycles. The number of ether oxygens (including phenoxy) is 2. The van der Waals surface area contributed by atoms with Gasteiger partial charge in [0.1, 0.15) is 11.5 Å². The zero-order valence-corrected chi connectivity index (χ0v) is 21.7. The lowest BCUT2D eigenvalue weighted by Crippen LogP contribution is -2.52. The number of halogens is 3. The summed E-state index contributed by atoms with van der Waals surface area (Å²) in [6.07, 6.45) is -1.12. The van der Waals surface area contributed by atoms with E-state index in [1.165, 1.54) is 24.3 Å². The number of piperidine rings is 2. The molecule has 1 N–H and O–H groups in total. The Morgan fingerprint density at radius 2 is 1.58 bits per heavy atom. The lowest BCUT2D eigenvalue weighted by molar-refractivity contribution is -0.274. The Morgan fingerprint density at radius 3 is 2.18 bits per heavy atom. The minimum absolute atomic E-state index is 0.0452. The Balaban J connectivity index is 1.19. The molecular weight excluding hydrogens is 499 g/mol. The number of methoxy groups -OCH3 is 1. The van der Waals surface area contributed by atoms with E-state index in [0.717, 1.165) is 44.3 Å². The smallest absolute Gasteiger partial charge is 0.497 e. The molecule has 0 spiro atoms. The van der Waals surface area contributed by atoms with Crippen molar-refractivity contribution < 1.29 is 32.2 Å². The third-order valence-corrected chi connectivity index (χ3v) is 7.36. The minimum atomic E-state index is -4.74. The predicted octanol–water partition coefficient (Wildman–Crippen LogP) is 4.33. The van der Waals surface area contributed by atoms with Gasteiger partial charge >= 0.3 is 6.36 Å². The molecule has 2 aromatic rings. The van der Waals surface area contributed by atoms with E-state index in [1.54, 1.807) is 13.2 Å². The highest BCUT2D eigenvalue weighted by Crippen LogP contribution is 2.25. The normalized spacial score (nSPS) is 17.8. The van der Waals surface area contributed by atoms with E-state index < -0.39 is 6.36 Å². The van der Waals surface area contributed by atoms with Crippen LogP contribution in [-0.2, 0) is 11.2 Å². The number of hydrogen-bond donors (Lipinski definition) is 1. The van der Waals surface area contributed by atoms with Gasteiger partial charge < -0.3 is 24.6 Å². The molecule has 2 aliphatic rings. The lowest BCUT2D eigenvalue weighted by atomic mass is 9.97. The first-order valence-electron chi connectivity index (χ1n) is 12.9.